The molecule has 4 nitrogen and oxygen atoms in total. The first kappa shape index (κ1) is 17.6. The third-order valence-electron chi connectivity index (χ3n) is 3.46. The van der Waals surface area contributed by atoms with E-state index in [1.54, 1.807) is 13.8 Å². The minimum Gasteiger partial charge on any atom is -0.480 e. The maximum absolute atomic E-state index is 12.1. The van der Waals surface area contributed by atoms with Gasteiger partial charge in [-0.05, 0) is 38.8 Å². The van der Waals surface area contributed by atoms with Crippen LogP contribution in [-0.4, -0.2) is 17.5 Å². The molecule has 2 aromatic rings. The van der Waals surface area contributed by atoms with Crippen molar-refractivity contribution in [2.75, 3.05) is 11.9 Å². The first-order valence-electron chi connectivity index (χ1n) is 7.12. The SMILES string of the molecule is Cc1cccc(C)c1NC(=O)COc1c(Cl)c(C)nc(C)c1Cl. The molecular weight excluding hydrogens is 335 g/mol. The van der Waals surface area contributed by atoms with E-state index in [0.29, 0.717) is 21.4 Å². The summed E-state index contributed by atoms with van der Waals surface area (Å²) in [6, 6.07) is 5.82. The van der Waals surface area contributed by atoms with Gasteiger partial charge < -0.3 is 10.1 Å². The Morgan fingerprint density at radius 2 is 1.61 bits per heavy atom. The average Bonchev–Trinajstić information content (AvgIpc) is 2.49. The van der Waals surface area contributed by atoms with Crippen LogP contribution in [0.25, 0.3) is 0 Å². The van der Waals surface area contributed by atoms with Crippen LogP contribution in [0.15, 0.2) is 18.2 Å². The topological polar surface area (TPSA) is 51.2 Å². The van der Waals surface area contributed by atoms with Gasteiger partial charge in [-0.3, -0.25) is 9.78 Å². The summed E-state index contributed by atoms with van der Waals surface area (Å²) in [6.07, 6.45) is 0. The monoisotopic (exact) mass is 352 g/mol. The largest absolute Gasteiger partial charge is 0.480 e. The van der Waals surface area contributed by atoms with Crippen LogP contribution in [0.3, 0.4) is 0 Å². The summed E-state index contributed by atoms with van der Waals surface area (Å²) in [5.41, 5.74) is 3.99. The number of hydrogen-bond donors (Lipinski definition) is 1. The van der Waals surface area contributed by atoms with Gasteiger partial charge in [0, 0.05) is 5.69 Å². The molecule has 1 amide bonds. The fourth-order valence-electron chi connectivity index (χ4n) is 2.23. The lowest BCUT2D eigenvalue weighted by Gasteiger charge is -2.14. The maximum Gasteiger partial charge on any atom is 0.262 e. The zero-order chi connectivity index (χ0) is 17.1. The summed E-state index contributed by atoms with van der Waals surface area (Å²) in [4.78, 5) is 16.4. The number of nitrogens with zero attached hydrogens (tertiary/aromatic N) is 1. The molecule has 2 rings (SSSR count). The number of hydrogen-bond acceptors (Lipinski definition) is 3. The molecule has 0 aliphatic heterocycles. The summed E-state index contributed by atoms with van der Waals surface area (Å²) in [5, 5.41) is 3.49. The Morgan fingerprint density at radius 3 is 2.13 bits per heavy atom. The molecule has 0 bridgehead atoms. The lowest BCUT2D eigenvalue weighted by atomic mass is 10.1. The van der Waals surface area contributed by atoms with Crippen molar-refractivity contribution < 1.29 is 9.53 Å². The van der Waals surface area contributed by atoms with Crippen molar-refractivity contribution in [1.82, 2.24) is 4.98 Å². The van der Waals surface area contributed by atoms with Gasteiger partial charge in [0.1, 0.15) is 10.0 Å². The van der Waals surface area contributed by atoms with E-state index in [4.69, 9.17) is 27.9 Å². The molecule has 23 heavy (non-hydrogen) atoms. The Bertz CT molecular complexity index is 714. The fraction of sp³-hybridized carbons (Fsp3) is 0.294. The number of nitrogens with one attached hydrogen (secondary N) is 1. The van der Waals surface area contributed by atoms with Crippen molar-refractivity contribution in [2.24, 2.45) is 0 Å². The van der Waals surface area contributed by atoms with E-state index < -0.39 is 0 Å². The Hall–Kier alpha value is -1.78. The van der Waals surface area contributed by atoms with E-state index in [9.17, 15) is 4.79 Å². The van der Waals surface area contributed by atoms with Crippen LogP contribution in [0.2, 0.25) is 10.0 Å². The number of aryl methyl sites for hydroxylation is 4. The molecule has 0 aliphatic rings. The number of aromatic nitrogens is 1. The third kappa shape index (κ3) is 3.95. The van der Waals surface area contributed by atoms with Gasteiger partial charge in [0.25, 0.3) is 5.91 Å². The molecule has 0 saturated heterocycles. The highest BCUT2D eigenvalue weighted by Crippen LogP contribution is 2.36. The van der Waals surface area contributed by atoms with Gasteiger partial charge in [-0.1, -0.05) is 41.4 Å². The lowest BCUT2D eigenvalue weighted by Crippen LogP contribution is -2.21. The molecule has 0 saturated carbocycles. The fourth-order valence-corrected chi connectivity index (χ4v) is 2.66. The van der Waals surface area contributed by atoms with Crippen LogP contribution in [0.5, 0.6) is 5.75 Å². The summed E-state index contributed by atoms with van der Waals surface area (Å²) in [5.74, 6) is 0.0108. The number of carbonyl (C=O) groups is 1. The number of halogens is 2. The van der Waals surface area contributed by atoms with Crippen LogP contribution in [-0.2, 0) is 4.79 Å². The van der Waals surface area contributed by atoms with E-state index in [-0.39, 0.29) is 18.3 Å². The number of rotatable bonds is 4. The zero-order valence-electron chi connectivity index (χ0n) is 13.5. The van der Waals surface area contributed by atoms with Crippen molar-refractivity contribution in [3.05, 3.63) is 50.8 Å². The summed E-state index contributed by atoms with van der Waals surface area (Å²) < 4.78 is 5.53. The van der Waals surface area contributed by atoms with Crippen molar-refractivity contribution in [2.45, 2.75) is 27.7 Å². The van der Waals surface area contributed by atoms with Gasteiger partial charge in [0.2, 0.25) is 0 Å². The number of carbonyl (C=O) groups excluding carboxylic acids is 1. The van der Waals surface area contributed by atoms with Gasteiger partial charge in [0.15, 0.2) is 12.4 Å². The highest BCUT2D eigenvalue weighted by Gasteiger charge is 2.16. The van der Waals surface area contributed by atoms with E-state index in [1.165, 1.54) is 0 Å². The van der Waals surface area contributed by atoms with Gasteiger partial charge in [0.05, 0.1) is 11.4 Å². The molecule has 0 aliphatic carbocycles. The predicted molar refractivity (Wildman–Crippen MR) is 93.8 cm³/mol. The van der Waals surface area contributed by atoms with Crippen molar-refractivity contribution >= 4 is 34.8 Å². The maximum atomic E-state index is 12.1. The highest BCUT2D eigenvalue weighted by molar-refractivity contribution is 6.37. The molecule has 0 radical (unpaired) electrons. The van der Waals surface area contributed by atoms with Crippen LogP contribution < -0.4 is 10.1 Å². The Labute approximate surface area is 145 Å². The summed E-state index contributed by atoms with van der Waals surface area (Å²) >= 11 is 12.3. The van der Waals surface area contributed by atoms with E-state index in [0.717, 1.165) is 16.8 Å². The van der Waals surface area contributed by atoms with Crippen LogP contribution in [0, 0.1) is 27.7 Å². The molecule has 0 spiro atoms. The molecule has 122 valence electrons. The molecule has 1 N–H and O–H groups in total. The summed E-state index contributed by atoms with van der Waals surface area (Å²) in [7, 11) is 0. The second kappa shape index (κ2) is 7.20. The minimum atomic E-state index is -0.276. The van der Waals surface area contributed by atoms with Crippen LogP contribution in [0.1, 0.15) is 22.5 Å². The third-order valence-corrected chi connectivity index (χ3v) is 4.35. The number of amides is 1. The van der Waals surface area contributed by atoms with Gasteiger partial charge >= 0.3 is 0 Å². The lowest BCUT2D eigenvalue weighted by molar-refractivity contribution is -0.118. The molecule has 1 aromatic carbocycles. The zero-order valence-corrected chi connectivity index (χ0v) is 15.0. The molecular formula is C17H18Cl2N2O2. The molecule has 0 atom stereocenters. The van der Waals surface area contributed by atoms with Crippen molar-refractivity contribution in [1.29, 1.82) is 0 Å². The second-order valence-corrected chi connectivity index (χ2v) is 6.10. The van der Waals surface area contributed by atoms with Gasteiger partial charge in [-0.2, -0.15) is 0 Å². The normalized spacial score (nSPS) is 10.5. The minimum absolute atomic E-state index is 0.184. The van der Waals surface area contributed by atoms with Gasteiger partial charge in [-0.15, -0.1) is 0 Å². The standard InChI is InChI=1S/C17H18Cl2N2O2/c1-9-6-5-7-10(2)16(9)21-13(22)8-23-17-14(18)11(3)20-12(4)15(17)19/h5-7H,8H2,1-4H3,(H,21,22). The Morgan fingerprint density at radius 1 is 1.09 bits per heavy atom. The number of ether oxygens (including phenoxy) is 1. The second-order valence-electron chi connectivity index (χ2n) is 5.34. The van der Waals surface area contributed by atoms with Crippen molar-refractivity contribution in [3.63, 3.8) is 0 Å². The van der Waals surface area contributed by atoms with Gasteiger partial charge in [-0.25, -0.2) is 0 Å². The Kier molecular flexibility index (Phi) is 5.50. The Balaban J connectivity index is 2.12. The predicted octanol–water partition coefficient (Wildman–Crippen LogP) is 4.64. The first-order chi connectivity index (χ1) is 10.8. The summed E-state index contributed by atoms with van der Waals surface area (Å²) in [6.45, 7) is 7.21. The van der Waals surface area contributed by atoms with E-state index in [1.807, 2.05) is 32.0 Å². The molecule has 1 aromatic heterocycles. The van der Waals surface area contributed by atoms with Crippen LogP contribution >= 0.6 is 23.2 Å². The quantitative estimate of drug-likeness (QED) is 0.871. The highest BCUT2D eigenvalue weighted by atomic mass is 35.5. The van der Waals surface area contributed by atoms with Crippen molar-refractivity contribution in [3.8, 4) is 5.75 Å². The van der Waals surface area contributed by atoms with Crippen LogP contribution in [0.4, 0.5) is 5.69 Å². The smallest absolute Gasteiger partial charge is 0.262 e. The molecule has 0 fully saturated rings. The number of para-hydroxylation sites is 1. The van der Waals surface area contributed by atoms with E-state index in [2.05, 4.69) is 10.3 Å². The number of benzene rings is 1. The first-order valence-corrected chi connectivity index (χ1v) is 7.88. The molecule has 6 heteroatoms. The number of pyridine rings is 1. The van der Waals surface area contributed by atoms with E-state index >= 15 is 0 Å². The molecule has 1 heterocycles. The average molecular weight is 353 g/mol. The molecule has 0 unspecified atom stereocenters. The number of anilines is 1.